The first-order valence-corrected chi connectivity index (χ1v) is 8.75. The van der Waals surface area contributed by atoms with E-state index in [1.807, 2.05) is 0 Å². The molecule has 0 spiro atoms. The van der Waals surface area contributed by atoms with Gasteiger partial charge in [-0.1, -0.05) is 13.8 Å². The maximum Gasteiger partial charge on any atom is 0.243 e. The molecule has 8 heteroatoms. The van der Waals surface area contributed by atoms with Crippen molar-refractivity contribution in [3.8, 4) is 0 Å². The predicted octanol–water partition coefficient (Wildman–Crippen LogP) is 0.625. The minimum absolute atomic E-state index is 0.0356. The fourth-order valence-corrected chi connectivity index (χ4v) is 3.81. The number of sulfonamides is 2. The highest BCUT2D eigenvalue weighted by atomic mass is 32.2. The van der Waals surface area contributed by atoms with E-state index in [0.29, 0.717) is 13.1 Å². The van der Waals surface area contributed by atoms with Gasteiger partial charge in [0, 0.05) is 13.1 Å². The first-order valence-electron chi connectivity index (χ1n) is 5.83. The fourth-order valence-electron chi connectivity index (χ4n) is 1.62. The molecule has 0 unspecified atom stereocenters. The maximum atomic E-state index is 12.2. The molecule has 0 aliphatic rings. The molecule has 0 atom stereocenters. The van der Waals surface area contributed by atoms with Crippen LogP contribution in [0.1, 0.15) is 13.8 Å². The van der Waals surface area contributed by atoms with Gasteiger partial charge in [-0.05, 0) is 31.3 Å². The molecule has 0 saturated carbocycles. The summed E-state index contributed by atoms with van der Waals surface area (Å²) in [6.45, 7) is 4.24. The van der Waals surface area contributed by atoms with Crippen molar-refractivity contribution in [3.05, 3.63) is 24.3 Å². The van der Waals surface area contributed by atoms with Gasteiger partial charge in [-0.2, -0.15) is 4.31 Å². The molecule has 0 saturated heterocycles. The van der Waals surface area contributed by atoms with Crippen LogP contribution in [-0.2, 0) is 20.0 Å². The van der Waals surface area contributed by atoms with Crippen LogP contribution in [0, 0.1) is 0 Å². The van der Waals surface area contributed by atoms with Crippen LogP contribution >= 0.6 is 0 Å². The lowest BCUT2D eigenvalue weighted by Gasteiger charge is -2.18. The van der Waals surface area contributed by atoms with Crippen LogP contribution in [0.5, 0.6) is 0 Å². The van der Waals surface area contributed by atoms with Crippen LogP contribution in [0.15, 0.2) is 34.1 Å². The van der Waals surface area contributed by atoms with Gasteiger partial charge >= 0.3 is 0 Å². The number of nitrogens with one attached hydrogen (secondary N) is 1. The molecule has 108 valence electrons. The van der Waals surface area contributed by atoms with Crippen LogP contribution in [-0.4, -0.2) is 41.3 Å². The van der Waals surface area contributed by atoms with E-state index >= 15 is 0 Å². The summed E-state index contributed by atoms with van der Waals surface area (Å²) in [5.41, 5.74) is 0. The van der Waals surface area contributed by atoms with Gasteiger partial charge < -0.3 is 0 Å². The third-order valence-corrected chi connectivity index (χ3v) is 6.24. The smallest absolute Gasteiger partial charge is 0.214 e. The molecule has 1 aromatic carbocycles. The molecule has 0 fully saturated rings. The maximum absolute atomic E-state index is 12.2. The molecule has 0 aliphatic carbocycles. The van der Waals surface area contributed by atoms with Crippen LogP contribution < -0.4 is 4.72 Å². The SMILES string of the molecule is CCN(CC)S(=O)(=O)c1ccc(S(=O)(=O)NC)cc1. The summed E-state index contributed by atoms with van der Waals surface area (Å²) < 4.78 is 50.9. The topological polar surface area (TPSA) is 83.6 Å². The zero-order valence-corrected chi connectivity index (χ0v) is 12.8. The molecular formula is C11H18N2O4S2. The predicted molar refractivity (Wildman–Crippen MR) is 72.8 cm³/mol. The summed E-state index contributed by atoms with van der Waals surface area (Å²) in [6.07, 6.45) is 0. The van der Waals surface area contributed by atoms with E-state index in [-0.39, 0.29) is 9.79 Å². The monoisotopic (exact) mass is 306 g/mol. The standard InChI is InChI=1S/C11H18N2O4S2/c1-4-13(5-2)19(16,17)11-8-6-10(7-9-11)18(14,15)12-3/h6-9,12H,4-5H2,1-3H3. The van der Waals surface area contributed by atoms with Gasteiger partial charge in [0.2, 0.25) is 20.0 Å². The minimum Gasteiger partial charge on any atom is -0.214 e. The third-order valence-electron chi connectivity index (χ3n) is 2.75. The Bertz CT molecular complexity index is 617. The average Bonchev–Trinajstić information content (AvgIpc) is 2.40. The number of benzene rings is 1. The molecule has 0 bridgehead atoms. The van der Waals surface area contributed by atoms with E-state index in [1.165, 1.54) is 35.6 Å². The van der Waals surface area contributed by atoms with Crippen molar-refractivity contribution >= 4 is 20.0 Å². The van der Waals surface area contributed by atoms with Crippen molar-refractivity contribution in [3.63, 3.8) is 0 Å². The van der Waals surface area contributed by atoms with Gasteiger partial charge in [-0.25, -0.2) is 21.6 Å². The zero-order valence-electron chi connectivity index (χ0n) is 11.1. The van der Waals surface area contributed by atoms with Crippen LogP contribution in [0.25, 0.3) is 0 Å². The van der Waals surface area contributed by atoms with Crippen LogP contribution in [0.2, 0.25) is 0 Å². The third kappa shape index (κ3) is 3.33. The zero-order chi connectivity index (χ0) is 14.7. The Labute approximate surface area is 114 Å². The van der Waals surface area contributed by atoms with Crippen molar-refractivity contribution < 1.29 is 16.8 Å². The van der Waals surface area contributed by atoms with E-state index in [2.05, 4.69) is 4.72 Å². The van der Waals surface area contributed by atoms with Crippen molar-refractivity contribution in [2.75, 3.05) is 20.1 Å². The molecule has 1 rings (SSSR count). The summed E-state index contributed by atoms with van der Waals surface area (Å²) in [6, 6.07) is 5.17. The van der Waals surface area contributed by atoms with Crippen LogP contribution in [0.3, 0.4) is 0 Å². The lowest BCUT2D eigenvalue weighted by atomic mass is 10.4. The van der Waals surface area contributed by atoms with Crippen LogP contribution in [0.4, 0.5) is 0 Å². The van der Waals surface area contributed by atoms with Gasteiger partial charge in [0.25, 0.3) is 0 Å². The van der Waals surface area contributed by atoms with Gasteiger partial charge in [0.05, 0.1) is 9.79 Å². The van der Waals surface area contributed by atoms with Gasteiger partial charge in [-0.3, -0.25) is 0 Å². The van der Waals surface area contributed by atoms with E-state index in [0.717, 1.165) is 0 Å². The first-order chi connectivity index (χ1) is 8.79. The Morgan fingerprint density at radius 1 is 0.947 bits per heavy atom. The molecule has 1 N–H and O–H groups in total. The van der Waals surface area contributed by atoms with E-state index in [4.69, 9.17) is 0 Å². The second kappa shape index (κ2) is 6.00. The molecule has 0 aliphatic heterocycles. The highest BCUT2D eigenvalue weighted by Gasteiger charge is 2.22. The Morgan fingerprint density at radius 3 is 1.74 bits per heavy atom. The first kappa shape index (κ1) is 16.1. The molecular weight excluding hydrogens is 288 g/mol. The second-order valence-electron chi connectivity index (χ2n) is 3.77. The van der Waals surface area contributed by atoms with Gasteiger partial charge in [-0.15, -0.1) is 0 Å². The Kier molecular flexibility index (Phi) is 5.08. The van der Waals surface area contributed by atoms with Gasteiger partial charge in [0.1, 0.15) is 0 Å². The molecule has 6 nitrogen and oxygen atoms in total. The molecule has 0 radical (unpaired) electrons. The van der Waals surface area contributed by atoms with Gasteiger partial charge in [0.15, 0.2) is 0 Å². The minimum atomic E-state index is -3.55. The highest BCUT2D eigenvalue weighted by molar-refractivity contribution is 7.89. The number of hydrogen-bond acceptors (Lipinski definition) is 4. The largest absolute Gasteiger partial charge is 0.243 e. The molecule has 0 heterocycles. The van der Waals surface area contributed by atoms with E-state index < -0.39 is 20.0 Å². The average molecular weight is 306 g/mol. The Balaban J connectivity index is 3.20. The van der Waals surface area contributed by atoms with E-state index in [1.54, 1.807) is 13.8 Å². The summed E-state index contributed by atoms with van der Waals surface area (Å²) in [5.74, 6) is 0. The summed E-state index contributed by atoms with van der Waals surface area (Å²) in [7, 11) is -5.80. The van der Waals surface area contributed by atoms with Crippen molar-refractivity contribution in [1.82, 2.24) is 9.03 Å². The van der Waals surface area contributed by atoms with Crippen molar-refractivity contribution in [1.29, 1.82) is 0 Å². The Hall–Kier alpha value is -0.960. The highest BCUT2D eigenvalue weighted by Crippen LogP contribution is 2.18. The van der Waals surface area contributed by atoms with Crippen molar-refractivity contribution in [2.45, 2.75) is 23.6 Å². The molecule has 19 heavy (non-hydrogen) atoms. The quantitative estimate of drug-likeness (QED) is 0.835. The lowest BCUT2D eigenvalue weighted by molar-refractivity contribution is 0.445. The van der Waals surface area contributed by atoms with E-state index in [9.17, 15) is 16.8 Å². The number of nitrogens with zero attached hydrogens (tertiary/aromatic N) is 1. The summed E-state index contributed by atoms with van der Waals surface area (Å²) >= 11 is 0. The summed E-state index contributed by atoms with van der Waals surface area (Å²) in [4.78, 5) is 0.125. The van der Waals surface area contributed by atoms with Crippen molar-refractivity contribution in [2.24, 2.45) is 0 Å². The second-order valence-corrected chi connectivity index (χ2v) is 7.59. The Morgan fingerprint density at radius 2 is 1.37 bits per heavy atom. The lowest BCUT2D eigenvalue weighted by Crippen LogP contribution is -2.30. The molecule has 0 amide bonds. The summed E-state index contributed by atoms with van der Waals surface area (Å²) in [5, 5.41) is 0. The molecule has 0 aromatic heterocycles. The fraction of sp³-hybridized carbons (Fsp3) is 0.455. The molecule has 1 aromatic rings. The number of rotatable bonds is 6. The normalized spacial score (nSPS) is 12.8. The number of hydrogen-bond donors (Lipinski definition) is 1.